The third kappa shape index (κ3) is 2.06. The van der Waals surface area contributed by atoms with Crippen molar-refractivity contribution in [3.63, 3.8) is 0 Å². The van der Waals surface area contributed by atoms with Crippen LogP contribution in [0.15, 0.2) is 6.20 Å². The SMILES string of the molecule is Cn1cc(C(=O)CCl)c(C(F)(F)F)n1. The van der Waals surface area contributed by atoms with E-state index in [0.29, 0.717) is 0 Å². The molecule has 0 amide bonds. The fraction of sp³-hybridized carbons (Fsp3) is 0.429. The molecule has 0 fully saturated rings. The van der Waals surface area contributed by atoms with Crippen molar-refractivity contribution in [1.29, 1.82) is 0 Å². The highest BCUT2D eigenvalue weighted by Gasteiger charge is 2.38. The first kappa shape index (κ1) is 11.0. The third-order valence-corrected chi connectivity index (χ3v) is 1.76. The van der Waals surface area contributed by atoms with E-state index >= 15 is 0 Å². The maximum atomic E-state index is 12.3. The van der Waals surface area contributed by atoms with Gasteiger partial charge in [-0.15, -0.1) is 11.6 Å². The molecule has 0 aliphatic rings. The van der Waals surface area contributed by atoms with Crippen LogP contribution in [0.3, 0.4) is 0 Å². The van der Waals surface area contributed by atoms with Crippen LogP contribution in [0, 0.1) is 0 Å². The van der Waals surface area contributed by atoms with Gasteiger partial charge in [0.05, 0.1) is 11.4 Å². The number of Topliss-reactive ketones (excluding diaryl/α,β-unsaturated/α-hetero) is 1. The summed E-state index contributed by atoms with van der Waals surface area (Å²) in [5, 5.41) is 3.16. The Balaban J connectivity index is 3.23. The zero-order valence-electron chi connectivity index (χ0n) is 7.10. The smallest absolute Gasteiger partial charge is 0.293 e. The van der Waals surface area contributed by atoms with Crippen LogP contribution in [-0.4, -0.2) is 21.4 Å². The summed E-state index contributed by atoms with van der Waals surface area (Å²) in [4.78, 5) is 11.0. The average molecular weight is 227 g/mol. The molecule has 0 bridgehead atoms. The lowest BCUT2D eigenvalue weighted by Crippen LogP contribution is -2.13. The molecule has 0 saturated carbocycles. The summed E-state index contributed by atoms with van der Waals surface area (Å²) in [5.74, 6) is -1.28. The predicted octanol–water partition coefficient (Wildman–Crippen LogP) is 1.86. The second kappa shape index (κ2) is 3.61. The maximum absolute atomic E-state index is 12.3. The molecular formula is C7H6ClF3N2O. The van der Waals surface area contributed by atoms with Crippen molar-refractivity contribution >= 4 is 17.4 Å². The van der Waals surface area contributed by atoms with E-state index in [1.807, 2.05) is 0 Å². The molecule has 1 heterocycles. The Hall–Kier alpha value is -1.04. The van der Waals surface area contributed by atoms with Crippen molar-refractivity contribution < 1.29 is 18.0 Å². The summed E-state index contributed by atoms with van der Waals surface area (Å²) in [6.45, 7) is 0. The van der Waals surface area contributed by atoms with Gasteiger partial charge in [-0.2, -0.15) is 18.3 Å². The summed E-state index contributed by atoms with van der Waals surface area (Å²) in [6.07, 6.45) is -3.62. The number of ketones is 1. The first-order valence-electron chi connectivity index (χ1n) is 3.56. The minimum absolute atomic E-state index is 0.491. The predicted molar refractivity (Wildman–Crippen MR) is 43.3 cm³/mol. The van der Waals surface area contributed by atoms with Crippen LogP contribution in [0.5, 0.6) is 0 Å². The van der Waals surface area contributed by atoms with Gasteiger partial charge in [0.2, 0.25) is 0 Å². The number of nitrogens with zero attached hydrogens (tertiary/aromatic N) is 2. The lowest BCUT2D eigenvalue weighted by Gasteiger charge is -2.03. The van der Waals surface area contributed by atoms with Crippen LogP contribution in [0.4, 0.5) is 13.2 Å². The molecule has 7 heteroatoms. The van der Waals surface area contributed by atoms with Gasteiger partial charge in [-0.05, 0) is 0 Å². The molecule has 1 aromatic rings. The Morgan fingerprint density at radius 1 is 1.64 bits per heavy atom. The van der Waals surface area contributed by atoms with E-state index in [0.717, 1.165) is 10.9 Å². The summed E-state index contributed by atoms with van der Waals surface area (Å²) >= 11 is 5.16. The highest BCUT2D eigenvalue weighted by atomic mass is 35.5. The number of aromatic nitrogens is 2. The Morgan fingerprint density at radius 2 is 2.21 bits per heavy atom. The van der Waals surface area contributed by atoms with Crippen molar-refractivity contribution in [1.82, 2.24) is 9.78 Å². The van der Waals surface area contributed by atoms with E-state index in [-0.39, 0.29) is 0 Å². The Morgan fingerprint density at radius 3 is 2.64 bits per heavy atom. The summed E-state index contributed by atoms with van der Waals surface area (Å²) < 4.78 is 37.8. The molecule has 1 aromatic heterocycles. The monoisotopic (exact) mass is 226 g/mol. The number of halogens is 4. The summed E-state index contributed by atoms with van der Waals surface area (Å²) in [5.41, 5.74) is -1.68. The summed E-state index contributed by atoms with van der Waals surface area (Å²) in [6, 6.07) is 0. The standard InChI is InChI=1S/C7H6ClF3N2O/c1-13-3-4(5(14)2-8)6(12-13)7(9,10)11/h3H,2H2,1H3. The van der Waals surface area contributed by atoms with Crippen molar-refractivity contribution in [2.24, 2.45) is 7.05 Å². The molecule has 0 aliphatic carbocycles. The first-order valence-corrected chi connectivity index (χ1v) is 4.09. The van der Waals surface area contributed by atoms with Crippen LogP contribution < -0.4 is 0 Å². The fourth-order valence-corrected chi connectivity index (χ4v) is 1.12. The van der Waals surface area contributed by atoms with Crippen molar-refractivity contribution in [2.45, 2.75) is 6.18 Å². The number of rotatable bonds is 2. The van der Waals surface area contributed by atoms with Crippen LogP contribution >= 0.6 is 11.6 Å². The van der Waals surface area contributed by atoms with Gasteiger partial charge in [0, 0.05) is 13.2 Å². The minimum Gasteiger partial charge on any atom is -0.293 e. The van der Waals surface area contributed by atoms with E-state index < -0.39 is 29.1 Å². The number of aryl methyl sites for hydroxylation is 1. The van der Waals surface area contributed by atoms with Crippen LogP contribution in [0.25, 0.3) is 0 Å². The number of hydrogen-bond donors (Lipinski definition) is 0. The quantitative estimate of drug-likeness (QED) is 0.570. The van der Waals surface area contributed by atoms with Gasteiger partial charge in [0.1, 0.15) is 0 Å². The molecule has 14 heavy (non-hydrogen) atoms. The van der Waals surface area contributed by atoms with Gasteiger partial charge < -0.3 is 0 Å². The van der Waals surface area contributed by atoms with Crippen molar-refractivity contribution in [2.75, 3.05) is 5.88 Å². The number of alkyl halides is 4. The molecule has 0 spiro atoms. The molecule has 78 valence electrons. The topological polar surface area (TPSA) is 34.9 Å². The van der Waals surface area contributed by atoms with Crippen molar-refractivity contribution in [3.8, 4) is 0 Å². The molecule has 0 aromatic carbocycles. The van der Waals surface area contributed by atoms with Crippen LogP contribution in [0.2, 0.25) is 0 Å². The summed E-state index contributed by atoms with van der Waals surface area (Å²) in [7, 11) is 1.31. The highest BCUT2D eigenvalue weighted by molar-refractivity contribution is 6.30. The molecule has 0 atom stereocenters. The van der Waals surface area contributed by atoms with Gasteiger partial charge in [-0.1, -0.05) is 0 Å². The number of carbonyl (C=O) groups is 1. The normalized spacial score (nSPS) is 11.8. The molecule has 0 N–H and O–H groups in total. The molecule has 1 rings (SSSR count). The van der Waals surface area contributed by atoms with Gasteiger partial charge in [-0.25, -0.2) is 0 Å². The third-order valence-electron chi connectivity index (χ3n) is 1.52. The Bertz CT molecular complexity index is 358. The van der Waals surface area contributed by atoms with Crippen LogP contribution in [-0.2, 0) is 13.2 Å². The van der Waals surface area contributed by atoms with E-state index in [1.165, 1.54) is 7.05 Å². The number of hydrogen-bond acceptors (Lipinski definition) is 2. The zero-order chi connectivity index (χ0) is 10.9. The molecular weight excluding hydrogens is 221 g/mol. The Kier molecular flexibility index (Phi) is 2.84. The van der Waals surface area contributed by atoms with E-state index in [9.17, 15) is 18.0 Å². The maximum Gasteiger partial charge on any atom is 0.435 e. The zero-order valence-corrected chi connectivity index (χ0v) is 7.85. The van der Waals surface area contributed by atoms with E-state index in [2.05, 4.69) is 5.10 Å². The molecule has 0 unspecified atom stereocenters. The highest BCUT2D eigenvalue weighted by Crippen LogP contribution is 2.30. The molecule has 3 nitrogen and oxygen atoms in total. The van der Waals surface area contributed by atoms with E-state index in [1.54, 1.807) is 0 Å². The largest absolute Gasteiger partial charge is 0.435 e. The van der Waals surface area contributed by atoms with Gasteiger partial charge in [0.15, 0.2) is 11.5 Å². The van der Waals surface area contributed by atoms with Crippen molar-refractivity contribution in [3.05, 3.63) is 17.5 Å². The lowest BCUT2D eigenvalue weighted by molar-refractivity contribution is -0.141. The second-order valence-electron chi connectivity index (χ2n) is 2.62. The molecule has 0 radical (unpaired) electrons. The molecule has 0 saturated heterocycles. The second-order valence-corrected chi connectivity index (χ2v) is 2.89. The van der Waals surface area contributed by atoms with E-state index in [4.69, 9.17) is 11.6 Å². The number of carbonyl (C=O) groups excluding carboxylic acids is 1. The van der Waals surface area contributed by atoms with Crippen LogP contribution in [0.1, 0.15) is 16.1 Å². The van der Waals surface area contributed by atoms with Gasteiger partial charge >= 0.3 is 6.18 Å². The van der Waals surface area contributed by atoms with Gasteiger partial charge in [0.25, 0.3) is 0 Å². The molecule has 0 aliphatic heterocycles. The van der Waals surface area contributed by atoms with Gasteiger partial charge in [-0.3, -0.25) is 9.48 Å². The average Bonchev–Trinajstić information content (AvgIpc) is 2.45. The Labute approximate surface area is 82.5 Å². The lowest BCUT2D eigenvalue weighted by atomic mass is 10.2. The first-order chi connectivity index (χ1) is 6.36. The minimum atomic E-state index is -4.63. The fourth-order valence-electron chi connectivity index (χ4n) is 0.974.